The molecule has 3 aromatic rings. The van der Waals surface area contributed by atoms with Crippen LogP contribution in [0.4, 0.5) is 5.82 Å². The van der Waals surface area contributed by atoms with Gasteiger partial charge in [0.25, 0.3) is 0 Å². The number of nitrogens with zero attached hydrogens (tertiary/aromatic N) is 4. The number of anilines is 1. The van der Waals surface area contributed by atoms with E-state index in [1.54, 1.807) is 14.0 Å². The highest BCUT2D eigenvalue weighted by Gasteiger charge is 2.21. The maximum absolute atomic E-state index is 11.6. The van der Waals surface area contributed by atoms with E-state index in [-0.39, 0.29) is 5.91 Å². The summed E-state index contributed by atoms with van der Waals surface area (Å²) < 4.78 is 5.50. The lowest BCUT2D eigenvalue weighted by Gasteiger charge is -2.35. The van der Waals surface area contributed by atoms with Crippen molar-refractivity contribution in [2.45, 2.75) is 20.0 Å². The fraction of sp³-hybridized carbons (Fsp3) is 0.348. The zero-order valence-electron chi connectivity index (χ0n) is 17.5. The molecule has 0 aliphatic carbocycles. The number of carbonyl (C=O) groups excluding carboxylic acids is 1. The van der Waals surface area contributed by atoms with Gasteiger partial charge in [-0.25, -0.2) is 9.97 Å². The zero-order valence-corrected chi connectivity index (χ0v) is 17.5. The Morgan fingerprint density at radius 3 is 2.60 bits per heavy atom. The van der Waals surface area contributed by atoms with Gasteiger partial charge in [0.1, 0.15) is 5.82 Å². The van der Waals surface area contributed by atoms with Crippen LogP contribution in [0.3, 0.4) is 0 Å². The Balaban J connectivity index is 1.44. The number of para-hydroxylation sites is 1. The van der Waals surface area contributed by atoms with Crippen molar-refractivity contribution in [3.63, 3.8) is 0 Å². The first kappa shape index (κ1) is 20.1. The van der Waals surface area contributed by atoms with Gasteiger partial charge in [0.05, 0.1) is 12.6 Å². The highest BCUT2D eigenvalue weighted by atomic mass is 16.5. The van der Waals surface area contributed by atoms with E-state index in [0.29, 0.717) is 19.0 Å². The van der Waals surface area contributed by atoms with Crippen LogP contribution in [-0.2, 0) is 17.9 Å². The molecule has 0 saturated carbocycles. The molecule has 1 amide bonds. The summed E-state index contributed by atoms with van der Waals surface area (Å²) in [5, 5.41) is 4.61. The van der Waals surface area contributed by atoms with Crippen molar-refractivity contribution in [2.24, 2.45) is 0 Å². The predicted molar refractivity (Wildman–Crippen MR) is 118 cm³/mol. The normalized spacial score (nSPS) is 14.2. The van der Waals surface area contributed by atoms with Crippen molar-refractivity contribution in [3.05, 3.63) is 59.8 Å². The number of carbonyl (C=O) groups is 1. The molecule has 4 rings (SSSR count). The van der Waals surface area contributed by atoms with Crippen molar-refractivity contribution in [3.8, 4) is 5.88 Å². The van der Waals surface area contributed by atoms with Gasteiger partial charge < -0.3 is 19.9 Å². The van der Waals surface area contributed by atoms with Crippen LogP contribution in [0.1, 0.15) is 18.1 Å². The van der Waals surface area contributed by atoms with E-state index in [1.165, 1.54) is 0 Å². The van der Waals surface area contributed by atoms with Crippen molar-refractivity contribution < 1.29 is 9.53 Å². The Bertz CT molecular complexity index is 1030. The number of hydrogen-bond donors (Lipinski definition) is 1. The van der Waals surface area contributed by atoms with E-state index >= 15 is 0 Å². The number of ether oxygens (including phenoxy) is 1. The summed E-state index contributed by atoms with van der Waals surface area (Å²) in [6.45, 7) is 6.02. The molecule has 7 nitrogen and oxygen atoms in total. The number of methoxy groups -OCH3 is 1. The van der Waals surface area contributed by atoms with Gasteiger partial charge in [0.2, 0.25) is 11.8 Å². The third-order valence-electron chi connectivity index (χ3n) is 5.48. The number of amides is 1. The lowest BCUT2D eigenvalue weighted by molar-refractivity contribution is -0.129. The Labute approximate surface area is 176 Å². The van der Waals surface area contributed by atoms with E-state index in [9.17, 15) is 4.79 Å². The zero-order chi connectivity index (χ0) is 20.9. The third kappa shape index (κ3) is 4.36. The molecule has 3 heterocycles. The van der Waals surface area contributed by atoms with Crippen LogP contribution < -0.4 is 15.0 Å². The number of benzene rings is 1. The lowest BCUT2D eigenvalue weighted by atomic mass is 10.1. The molecule has 7 heteroatoms. The van der Waals surface area contributed by atoms with E-state index < -0.39 is 0 Å². The topological polar surface area (TPSA) is 70.6 Å². The molecular formula is C23H27N5O2. The monoisotopic (exact) mass is 405 g/mol. The summed E-state index contributed by atoms with van der Waals surface area (Å²) >= 11 is 0. The molecule has 0 atom stereocenters. The Morgan fingerprint density at radius 1 is 1.07 bits per heavy atom. The maximum atomic E-state index is 11.6. The first-order chi connectivity index (χ1) is 14.7. The minimum atomic E-state index is 0.135. The smallest absolute Gasteiger partial charge is 0.219 e. The molecule has 30 heavy (non-hydrogen) atoms. The quantitative estimate of drug-likeness (QED) is 0.680. The fourth-order valence-corrected chi connectivity index (χ4v) is 3.86. The molecule has 0 radical (unpaired) electrons. The van der Waals surface area contributed by atoms with Crippen molar-refractivity contribution in [1.29, 1.82) is 0 Å². The summed E-state index contributed by atoms with van der Waals surface area (Å²) in [6.07, 6.45) is 1.83. The van der Waals surface area contributed by atoms with Crippen LogP contribution in [0.2, 0.25) is 0 Å². The van der Waals surface area contributed by atoms with Crippen molar-refractivity contribution >= 4 is 22.6 Å². The second-order valence-electron chi connectivity index (χ2n) is 7.43. The molecule has 2 aromatic heterocycles. The van der Waals surface area contributed by atoms with Gasteiger partial charge in [-0.3, -0.25) is 4.79 Å². The average Bonchev–Trinajstić information content (AvgIpc) is 2.79. The van der Waals surface area contributed by atoms with Gasteiger partial charge >= 0.3 is 0 Å². The van der Waals surface area contributed by atoms with Crippen molar-refractivity contribution in [1.82, 2.24) is 20.2 Å². The molecule has 1 saturated heterocycles. The summed E-state index contributed by atoms with van der Waals surface area (Å²) in [5.41, 5.74) is 3.09. The summed E-state index contributed by atoms with van der Waals surface area (Å²) in [4.78, 5) is 25.0. The lowest BCUT2D eigenvalue weighted by Crippen LogP contribution is -2.48. The first-order valence-electron chi connectivity index (χ1n) is 10.2. The summed E-state index contributed by atoms with van der Waals surface area (Å²) in [6, 6.07) is 14.2. The standard InChI is InChI=1S/C23H27N5O2/c1-17(29)27-10-12-28(13-11-27)22-19(7-5-9-25-22)15-24-16-20-14-18-6-3-4-8-21(18)26-23(20)30-2/h3-9,14,24H,10-13,15-16H2,1-2H3. The first-order valence-corrected chi connectivity index (χ1v) is 10.2. The van der Waals surface area contributed by atoms with E-state index in [0.717, 1.165) is 54.0 Å². The van der Waals surface area contributed by atoms with Crippen LogP contribution in [0.5, 0.6) is 5.88 Å². The Morgan fingerprint density at radius 2 is 1.83 bits per heavy atom. The van der Waals surface area contributed by atoms with Crippen LogP contribution >= 0.6 is 0 Å². The second kappa shape index (κ2) is 9.09. The molecule has 1 aliphatic rings. The van der Waals surface area contributed by atoms with E-state index in [1.807, 2.05) is 35.4 Å². The SMILES string of the molecule is COc1nc2ccccc2cc1CNCc1cccnc1N1CCN(C(C)=O)CC1. The number of rotatable bonds is 6. The van der Waals surface area contributed by atoms with Gasteiger partial charge in [-0.2, -0.15) is 0 Å². The number of aromatic nitrogens is 2. The maximum Gasteiger partial charge on any atom is 0.219 e. The van der Waals surface area contributed by atoms with Crippen molar-refractivity contribution in [2.75, 3.05) is 38.2 Å². The average molecular weight is 406 g/mol. The van der Waals surface area contributed by atoms with Crippen LogP contribution in [-0.4, -0.2) is 54.1 Å². The molecule has 1 fully saturated rings. The van der Waals surface area contributed by atoms with Gasteiger partial charge in [-0.1, -0.05) is 24.3 Å². The van der Waals surface area contributed by atoms with Crippen LogP contribution in [0.15, 0.2) is 48.7 Å². The van der Waals surface area contributed by atoms with Crippen LogP contribution in [0, 0.1) is 0 Å². The minimum absolute atomic E-state index is 0.135. The molecule has 1 aromatic carbocycles. The number of fused-ring (bicyclic) bond motifs is 1. The molecule has 0 unspecified atom stereocenters. The predicted octanol–water partition coefficient (Wildman–Crippen LogP) is 2.60. The van der Waals surface area contributed by atoms with Gasteiger partial charge in [0.15, 0.2) is 0 Å². The largest absolute Gasteiger partial charge is 0.481 e. The fourth-order valence-electron chi connectivity index (χ4n) is 3.86. The molecule has 0 bridgehead atoms. The van der Waals surface area contributed by atoms with Gasteiger partial charge in [-0.15, -0.1) is 0 Å². The Hall–Kier alpha value is -3.19. The molecule has 1 aliphatic heterocycles. The van der Waals surface area contributed by atoms with Gasteiger partial charge in [-0.05, 0) is 18.2 Å². The number of hydrogen-bond acceptors (Lipinski definition) is 6. The highest BCUT2D eigenvalue weighted by Crippen LogP contribution is 2.23. The molecule has 1 N–H and O–H groups in total. The second-order valence-corrected chi connectivity index (χ2v) is 7.43. The minimum Gasteiger partial charge on any atom is -0.481 e. The summed E-state index contributed by atoms with van der Waals surface area (Å²) in [5.74, 6) is 1.76. The van der Waals surface area contributed by atoms with E-state index in [4.69, 9.17) is 4.74 Å². The third-order valence-corrected chi connectivity index (χ3v) is 5.48. The van der Waals surface area contributed by atoms with Crippen LogP contribution in [0.25, 0.3) is 10.9 Å². The van der Waals surface area contributed by atoms with Gasteiger partial charge in [0, 0.05) is 68.9 Å². The molecular weight excluding hydrogens is 378 g/mol. The number of piperazine rings is 1. The number of nitrogens with one attached hydrogen (secondary N) is 1. The highest BCUT2D eigenvalue weighted by molar-refractivity contribution is 5.80. The summed E-state index contributed by atoms with van der Waals surface area (Å²) in [7, 11) is 1.65. The molecule has 0 spiro atoms. The number of pyridine rings is 2. The molecule has 156 valence electrons. The van der Waals surface area contributed by atoms with E-state index in [2.05, 4.69) is 38.4 Å². The Kier molecular flexibility index (Phi) is 6.09.